The van der Waals surface area contributed by atoms with E-state index in [1.807, 2.05) is 34.9 Å². The van der Waals surface area contributed by atoms with E-state index in [1.54, 1.807) is 4.90 Å². The van der Waals surface area contributed by atoms with Crippen LogP contribution in [-0.2, 0) is 16.1 Å². The van der Waals surface area contributed by atoms with E-state index in [-0.39, 0.29) is 17.7 Å². The van der Waals surface area contributed by atoms with E-state index in [9.17, 15) is 9.59 Å². The number of ether oxygens (including phenoxy) is 1. The van der Waals surface area contributed by atoms with Crippen LogP contribution < -0.4 is 10.1 Å². The van der Waals surface area contributed by atoms with Gasteiger partial charge in [-0.05, 0) is 50.0 Å². The molecule has 1 aliphatic carbocycles. The minimum absolute atomic E-state index is 0.0260. The Morgan fingerprint density at radius 1 is 1.23 bits per heavy atom. The maximum absolute atomic E-state index is 12.7. The van der Waals surface area contributed by atoms with Gasteiger partial charge in [0.2, 0.25) is 11.8 Å². The monoisotopic (exact) mass is 429 g/mol. The van der Waals surface area contributed by atoms with E-state index in [0.717, 1.165) is 37.3 Å². The summed E-state index contributed by atoms with van der Waals surface area (Å²) in [6.45, 7) is 1.82. The number of carbonyl (C=O) groups is 2. The molecule has 8 nitrogen and oxygen atoms in total. The number of para-hydroxylation sites is 1. The molecular weight excluding hydrogens is 402 g/mol. The maximum Gasteiger partial charge on any atom is 0.226 e. The zero-order chi connectivity index (χ0) is 20.9. The summed E-state index contributed by atoms with van der Waals surface area (Å²) >= 11 is 5.28. The van der Waals surface area contributed by atoms with Crippen molar-refractivity contribution in [3.63, 3.8) is 0 Å². The van der Waals surface area contributed by atoms with E-state index in [1.165, 1.54) is 0 Å². The number of nitrogens with one attached hydrogen (secondary N) is 2. The predicted molar refractivity (Wildman–Crippen MR) is 113 cm³/mol. The second-order valence-corrected chi connectivity index (χ2v) is 8.24. The Morgan fingerprint density at radius 3 is 2.80 bits per heavy atom. The highest BCUT2D eigenvalue weighted by Crippen LogP contribution is 2.35. The summed E-state index contributed by atoms with van der Waals surface area (Å²) in [7, 11) is 0. The first kappa shape index (κ1) is 20.6. The summed E-state index contributed by atoms with van der Waals surface area (Å²) in [5.41, 5.74) is 0. The average Bonchev–Trinajstić information content (AvgIpc) is 3.54. The van der Waals surface area contributed by atoms with Gasteiger partial charge in [0.25, 0.3) is 0 Å². The van der Waals surface area contributed by atoms with E-state index in [2.05, 4.69) is 15.5 Å². The molecule has 1 saturated heterocycles. The minimum Gasteiger partial charge on any atom is -0.493 e. The molecule has 1 unspecified atom stereocenters. The lowest BCUT2D eigenvalue weighted by molar-refractivity contribution is -0.136. The highest BCUT2D eigenvalue weighted by atomic mass is 32.1. The molecule has 2 heterocycles. The number of H-pyrrole nitrogens is 1. The van der Waals surface area contributed by atoms with Gasteiger partial charge in [0.05, 0.1) is 25.5 Å². The number of nitrogens with zero attached hydrogens (tertiary/aromatic N) is 3. The van der Waals surface area contributed by atoms with Gasteiger partial charge in [-0.3, -0.25) is 19.3 Å². The molecule has 160 valence electrons. The van der Waals surface area contributed by atoms with Gasteiger partial charge in [-0.25, -0.2) is 0 Å². The molecule has 2 fully saturated rings. The number of likely N-dealkylation sites (tertiary alicyclic amines) is 1. The van der Waals surface area contributed by atoms with Gasteiger partial charge in [0.1, 0.15) is 5.75 Å². The quantitative estimate of drug-likeness (QED) is 0.630. The maximum atomic E-state index is 12.7. The Kier molecular flexibility index (Phi) is 6.47. The molecule has 1 aromatic carbocycles. The minimum atomic E-state index is -0.200. The SMILES string of the molecule is O=C(NCc1n[nH]c(=S)n1C1CC1)C1CCCN(C(=O)CCOc2ccccc2)C1. The number of amides is 2. The Bertz CT molecular complexity index is 938. The molecule has 0 spiro atoms. The smallest absolute Gasteiger partial charge is 0.226 e. The van der Waals surface area contributed by atoms with Crippen LogP contribution in [-0.4, -0.2) is 51.2 Å². The summed E-state index contributed by atoms with van der Waals surface area (Å²) < 4.78 is 8.22. The van der Waals surface area contributed by atoms with Crippen molar-refractivity contribution in [1.29, 1.82) is 0 Å². The number of aromatic amines is 1. The van der Waals surface area contributed by atoms with E-state index in [0.29, 0.717) is 43.5 Å². The van der Waals surface area contributed by atoms with Crippen LogP contribution in [0.2, 0.25) is 0 Å². The van der Waals surface area contributed by atoms with Crippen molar-refractivity contribution in [3.05, 3.63) is 40.9 Å². The third kappa shape index (κ3) is 5.08. The molecule has 9 heteroatoms. The van der Waals surface area contributed by atoms with E-state index < -0.39 is 0 Å². The molecule has 2 aliphatic rings. The average molecular weight is 430 g/mol. The second kappa shape index (κ2) is 9.42. The Balaban J connectivity index is 1.24. The van der Waals surface area contributed by atoms with Crippen LogP contribution in [0.5, 0.6) is 5.75 Å². The zero-order valence-corrected chi connectivity index (χ0v) is 17.7. The van der Waals surface area contributed by atoms with Gasteiger partial charge in [0.15, 0.2) is 10.6 Å². The van der Waals surface area contributed by atoms with Gasteiger partial charge in [-0.2, -0.15) is 5.10 Å². The molecular formula is C21H27N5O3S. The van der Waals surface area contributed by atoms with Crippen LogP contribution in [0.3, 0.4) is 0 Å². The predicted octanol–water partition coefficient (Wildman–Crippen LogP) is 2.60. The molecule has 4 rings (SSSR count). The van der Waals surface area contributed by atoms with Gasteiger partial charge in [0, 0.05) is 19.1 Å². The van der Waals surface area contributed by atoms with Crippen molar-refractivity contribution in [2.24, 2.45) is 5.92 Å². The molecule has 30 heavy (non-hydrogen) atoms. The Hall–Kier alpha value is -2.68. The summed E-state index contributed by atoms with van der Waals surface area (Å²) in [5.74, 6) is 1.30. The number of hydrogen-bond acceptors (Lipinski definition) is 5. The third-order valence-corrected chi connectivity index (χ3v) is 5.87. The molecule has 1 aromatic heterocycles. The molecule has 0 bridgehead atoms. The van der Waals surface area contributed by atoms with Gasteiger partial charge in [-0.1, -0.05) is 18.2 Å². The number of hydrogen-bond donors (Lipinski definition) is 2. The standard InChI is InChI=1S/C21H27N5O3S/c27-19(10-12-29-17-6-2-1-3-7-17)25-11-4-5-15(14-25)20(28)22-13-18-23-24-21(30)26(18)16-8-9-16/h1-3,6-7,15-16H,4-5,8-14H2,(H,22,28)(H,24,30). The third-order valence-electron chi connectivity index (χ3n) is 5.58. The van der Waals surface area contributed by atoms with Gasteiger partial charge in [-0.15, -0.1) is 0 Å². The van der Waals surface area contributed by atoms with Crippen LogP contribution >= 0.6 is 12.2 Å². The lowest BCUT2D eigenvalue weighted by Crippen LogP contribution is -2.45. The largest absolute Gasteiger partial charge is 0.493 e. The molecule has 1 aliphatic heterocycles. The van der Waals surface area contributed by atoms with E-state index >= 15 is 0 Å². The number of rotatable bonds is 8. The van der Waals surface area contributed by atoms with Crippen LogP contribution in [0.25, 0.3) is 0 Å². The van der Waals surface area contributed by atoms with Crippen molar-refractivity contribution in [3.8, 4) is 5.75 Å². The van der Waals surface area contributed by atoms with Crippen LogP contribution in [0.4, 0.5) is 0 Å². The fourth-order valence-electron chi connectivity index (χ4n) is 3.83. The first-order valence-corrected chi connectivity index (χ1v) is 10.9. The summed E-state index contributed by atoms with van der Waals surface area (Å²) in [6.07, 6.45) is 4.11. The molecule has 1 saturated carbocycles. The number of aromatic nitrogens is 3. The van der Waals surface area contributed by atoms with Crippen LogP contribution in [0, 0.1) is 10.7 Å². The molecule has 2 amide bonds. The summed E-state index contributed by atoms with van der Waals surface area (Å²) in [5, 5.41) is 10.0. The lowest BCUT2D eigenvalue weighted by Gasteiger charge is -2.32. The van der Waals surface area contributed by atoms with E-state index in [4.69, 9.17) is 17.0 Å². The number of benzene rings is 1. The molecule has 0 radical (unpaired) electrons. The van der Waals surface area contributed by atoms with Gasteiger partial charge < -0.3 is 15.0 Å². The second-order valence-electron chi connectivity index (χ2n) is 7.85. The number of carbonyl (C=O) groups excluding carboxylic acids is 2. The molecule has 1 atom stereocenters. The zero-order valence-electron chi connectivity index (χ0n) is 16.9. The van der Waals surface area contributed by atoms with Crippen molar-refractivity contribution >= 4 is 24.0 Å². The van der Waals surface area contributed by atoms with Gasteiger partial charge >= 0.3 is 0 Å². The van der Waals surface area contributed by atoms with Crippen molar-refractivity contribution < 1.29 is 14.3 Å². The lowest BCUT2D eigenvalue weighted by atomic mass is 9.97. The summed E-state index contributed by atoms with van der Waals surface area (Å²) in [4.78, 5) is 27.0. The highest BCUT2D eigenvalue weighted by molar-refractivity contribution is 7.71. The summed E-state index contributed by atoms with van der Waals surface area (Å²) in [6, 6.07) is 9.86. The first-order chi connectivity index (χ1) is 14.6. The van der Waals surface area contributed by atoms with Crippen molar-refractivity contribution in [1.82, 2.24) is 25.0 Å². The van der Waals surface area contributed by atoms with Crippen LogP contribution in [0.15, 0.2) is 30.3 Å². The fraction of sp³-hybridized carbons (Fsp3) is 0.524. The Labute approximate surface area is 180 Å². The highest BCUT2D eigenvalue weighted by Gasteiger charge is 2.30. The number of piperidine rings is 1. The van der Waals surface area contributed by atoms with Crippen molar-refractivity contribution in [2.45, 2.75) is 44.7 Å². The topological polar surface area (TPSA) is 92.3 Å². The molecule has 2 N–H and O–H groups in total. The first-order valence-electron chi connectivity index (χ1n) is 10.5. The normalized spacial score (nSPS) is 18.8. The van der Waals surface area contributed by atoms with Crippen molar-refractivity contribution in [2.75, 3.05) is 19.7 Å². The van der Waals surface area contributed by atoms with Crippen LogP contribution in [0.1, 0.15) is 44.0 Å². The Morgan fingerprint density at radius 2 is 2.03 bits per heavy atom. The fourth-order valence-corrected chi connectivity index (χ4v) is 4.13. The molecule has 2 aromatic rings.